The number of hydrogen-bond acceptors (Lipinski definition) is 4. The number of hydrogen-bond donors (Lipinski definition) is 1. The first kappa shape index (κ1) is 23.4. The average molecular weight is 445 g/mol. The van der Waals surface area contributed by atoms with E-state index in [1.165, 1.54) is 9.87 Å². The predicted octanol–water partition coefficient (Wildman–Crippen LogP) is 3.20. The summed E-state index contributed by atoms with van der Waals surface area (Å²) in [7, 11) is -3.49. The van der Waals surface area contributed by atoms with Crippen molar-refractivity contribution in [1.82, 2.24) is 9.62 Å². The van der Waals surface area contributed by atoms with Crippen molar-refractivity contribution in [2.24, 2.45) is 5.92 Å². The van der Waals surface area contributed by atoms with Gasteiger partial charge in [0.15, 0.2) is 0 Å². The molecule has 0 saturated carbocycles. The molecular formula is C24H32N2O4S. The van der Waals surface area contributed by atoms with Crippen LogP contribution in [0.25, 0.3) is 0 Å². The van der Waals surface area contributed by atoms with Gasteiger partial charge in [0.2, 0.25) is 15.9 Å². The van der Waals surface area contributed by atoms with Gasteiger partial charge in [-0.25, -0.2) is 8.42 Å². The molecule has 0 spiro atoms. The molecule has 1 amide bonds. The Hall–Kier alpha value is -2.22. The second-order valence-electron chi connectivity index (χ2n) is 8.23. The van der Waals surface area contributed by atoms with E-state index in [-0.39, 0.29) is 16.7 Å². The Morgan fingerprint density at radius 1 is 1.03 bits per heavy atom. The minimum absolute atomic E-state index is 0.00611. The summed E-state index contributed by atoms with van der Waals surface area (Å²) in [6.07, 6.45) is 0.941. The molecule has 1 aliphatic rings. The second-order valence-corrected chi connectivity index (χ2v) is 10.2. The van der Waals surface area contributed by atoms with E-state index >= 15 is 0 Å². The van der Waals surface area contributed by atoms with Crippen molar-refractivity contribution < 1.29 is 17.9 Å². The Morgan fingerprint density at radius 2 is 1.68 bits per heavy atom. The lowest BCUT2D eigenvalue weighted by Gasteiger charge is -2.26. The second kappa shape index (κ2) is 10.9. The van der Waals surface area contributed by atoms with Crippen molar-refractivity contribution in [2.45, 2.75) is 37.5 Å². The summed E-state index contributed by atoms with van der Waals surface area (Å²) in [5, 5.41) is 3.06. The topological polar surface area (TPSA) is 75.7 Å². The van der Waals surface area contributed by atoms with Crippen LogP contribution in [0.4, 0.5) is 0 Å². The standard InChI is InChI=1S/C24H32N2O4S/c1-19(2)23(21-6-4-3-5-7-21)18-25-24(27)13-10-20-8-11-22(12-9-20)31(28,29)26-14-16-30-17-15-26/h3-9,11-12,19,23H,10,13-18H2,1-2H3,(H,25,27). The van der Waals surface area contributed by atoms with Gasteiger partial charge in [-0.1, -0.05) is 56.3 Å². The molecule has 1 atom stereocenters. The molecule has 7 heteroatoms. The van der Waals surface area contributed by atoms with Gasteiger partial charge in [0.1, 0.15) is 0 Å². The Bertz CT molecular complexity index is 937. The van der Waals surface area contributed by atoms with E-state index in [2.05, 4.69) is 31.3 Å². The number of rotatable bonds is 9. The Balaban J connectivity index is 1.51. The zero-order valence-corrected chi connectivity index (χ0v) is 19.1. The summed E-state index contributed by atoms with van der Waals surface area (Å²) in [5.74, 6) is 0.699. The SMILES string of the molecule is CC(C)C(CNC(=O)CCc1ccc(S(=O)(=O)N2CCOCC2)cc1)c1ccccc1. The van der Waals surface area contributed by atoms with Crippen LogP contribution in [-0.2, 0) is 26.0 Å². The lowest BCUT2D eigenvalue weighted by atomic mass is 9.88. The molecule has 1 fully saturated rings. The lowest BCUT2D eigenvalue weighted by molar-refractivity contribution is -0.121. The molecule has 2 aromatic carbocycles. The predicted molar refractivity (Wildman–Crippen MR) is 121 cm³/mol. The van der Waals surface area contributed by atoms with E-state index < -0.39 is 10.0 Å². The number of sulfonamides is 1. The van der Waals surface area contributed by atoms with Gasteiger partial charge in [0, 0.05) is 32.0 Å². The molecule has 1 heterocycles. The molecule has 31 heavy (non-hydrogen) atoms. The lowest BCUT2D eigenvalue weighted by Crippen LogP contribution is -2.40. The first-order valence-corrected chi connectivity index (χ1v) is 12.3. The summed E-state index contributed by atoms with van der Waals surface area (Å²) < 4.78 is 32.1. The molecule has 1 N–H and O–H groups in total. The Labute approximate surface area is 185 Å². The van der Waals surface area contributed by atoms with Crippen LogP contribution in [0.2, 0.25) is 0 Å². The zero-order chi connectivity index (χ0) is 22.3. The van der Waals surface area contributed by atoms with Crippen molar-refractivity contribution in [3.63, 3.8) is 0 Å². The van der Waals surface area contributed by atoms with Gasteiger partial charge >= 0.3 is 0 Å². The molecule has 0 radical (unpaired) electrons. The molecule has 3 rings (SSSR count). The normalized spacial score (nSPS) is 16.2. The first-order chi connectivity index (χ1) is 14.9. The molecule has 2 aromatic rings. The monoisotopic (exact) mass is 444 g/mol. The van der Waals surface area contributed by atoms with Crippen LogP contribution in [0.5, 0.6) is 0 Å². The van der Waals surface area contributed by atoms with Crippen LogP contribution in [0.1, 0.15) is 37.3 Å². The van der Waals surface area contributed by atoms with E-state index in [9.17, 15) is 13.2 Å². The fourth-order valence-electron chi connectivity index (χ4n) is 3.77. The molecule has 168 valence electrons. The summed E-state index contributed by atoms with van der Waals surface area (Å²) in [6, 6.07) is 17.1. The minimum Gasteiger partial charge on any atom is -0.379 e. The van der Waals surface area contributed by atoms with Gasteiger partial charge < -0.3 is 10.1 Å². The highest BCUT2D eigenvalue weighted by Gasteiger charge is 2.26. The Morgan fingerprint density at radius 3 is 2.29 bits per heavy atom. The molecule has 0 aromatic heterocycles. The highest BCUT2D eigenvalue weighted by atomic mass is 32.2. The molecule has 0 aliphatic carbocycles. The number of aryl methyl sites for hydroxylation is 1. The molecule has 0 bridgehead atoms. The minimum atomic E-state index is -3.49. The fraction of sp³-hybridized carbons (Fsp3) is 0.458. The van der Waals surface area contributed by atoms with Crippen molar-refractivity contribution in [2.75, 3.05) is 32.8 Å². The summed E-state index contributed by atoms with van der Waals surface area (Å²) >= 11 is 0. The number of amides is 1. The maximum Gasteiger partial charge on any atom is 0.243 e. The van der Waals surface area contributed by atoms with Crippen LogP contribution >= 0.6 is 0 Å². The summed E-state index contributed by atoms with van der Waals surface area (Å²) in [5.41, 5.74) is 2.18. The van der Waals surface area contributed by atoms with Gasteiger partial charge in [-0.2, -0.15) is 4.31 Å². The van der Waals surface area contributed by atoms with Crippen LogP contribution in [0, 0.1) is 5.92 Å². The smallest absolute Gasteiger partial charge is 0.243 e. The van der Waals surface area contributed by atoms with Gasteiger partial charge in [-0.05, 0) is 35.6 Å². The van der Waals surface area contributed by atoms with Crippen molar-refractivity contribution in [1.29, 1.82) is 0 Å². The van der Waals surface area contributed by atoms with Gasteiger partial charge in [0.05, 0.1) is 18.1 Å². The number of nitrogens with one attached hydrogen (secondary N) is 1. The van der Waals surface area contributed by atoms with E-state index in [1.54, 1.807) is 24.3 Å². The molecule has 6 nitrogen and oxygen atoms in total. The van der Waals surface area contributed by atoms with Crippen molar-refractivity contribution in [3.05, 3.63) is 65.7 Å². The number of carbonyl (C=O) groups excluding carboxylic acids is 1. The van der Waals surface area contributed by atoms with Gasteiger partial charge in [0.25, 0.3) is 0 Å². The third-order valence-corrected chi connectivity index (χ3v) is 7.64. The van der Waals surface area contributed by atoms with Crippen LogP contribution in [0.3, 0.4) is 0 Å². The van der Waals surface area contributed by atoms with E-state index in [4.69, 9.17) is 4.74 Å². The number of ether oxygens (including phenoxy) is 1. The number of morpholine rings is 1. The molecule has 1 aliphatic heterocycles. The van der Waals surface area contributed by atoms with Crippen LogP contribution in [-0.4, -0.2) is 51.5 Å². The number of carbonyl (C=O) groups is 1. The third kappa shape index (κ3) is 6.38. The third-order valence-electron chi connectivity index (χ3n) is 5.72. The molecule has 1 saturated heterocycles. The van der Waals surface area contributed by atoms with Crippen molar-refractivity contribution in [3.8, 4) is 0 Å². The number of nitrogens with zero attached hydrogens (tertiary/aromatic N) is 1. The highest BCUT2D eigenvalue weighted by molar-refractivity contribution is 7.89. The van der Waals surface area contributed by atoms with Crippen LogP contribution < -0.4 is 5.32 Å². The molecule has 1 unspecified atom stereocenters. The number of benzene rings is 2. The Kier molecular flexibility index (Phi) is 8.23. The fourth-order valence-corrected chi connectivity index (χ4v) is 5.18. The van der Waals surface area contributed by atoms with Crippen LogP contribution in [0.15, 0.2) is 59.5 Å². The van der Waals surface area contributed by atoms with E-state index in [0.29, 0.717) is 51.6 Å². The quantitative estimate of drug-likeness (QED) is 0.645. The largest absolute Gasteiger partial charge is 0.379 e. The van der Waals surface area contributed by atoms with Gasteiger partial charge in [-0.15, -0.1) is 0 Å². The average Bonchev–Trinajstić information content (AvgIpc) is 2.79. The first-order valence-electron chi connectivity index (χ1n) is 10.9. The zero-order valence-electron chi connectivity index (χ0n) is 18.3. The van der Waals surface area contributed by atoms with Gasteiger partial charge in [-0.3, -0.25) is 4.79 Å². The summed E-state index contributed by atoms with van der Waals surface area (Å²) in [4.78, 5) is 12.7. The summed E-state index contributed by atoms with van der Waals surface area (Å²) in [6.45, 7) is 6.54. The maximum absolute atomic E-state index is 12.7. The van der Waals surface area contributed by atoms with E-state index in [0.717, 1.165) is 5.56 Å². The maximum atomic E-state index is 12.7. The highest BCUT2D eigenvalue weighted by Crippen LogP contribution is 2.23. The van der Waals surface area contributed by atoms with Crippen molar-refractivity contribution >= 4 is 15.9 Å². The molecular weight excluding hydrogens is 412 g/mol. The van der Waals surface area contributed by atoms with E-state index in [1.807, 2.05) is 18.2 Å².